The molecule has 0 heterocycles. The highest BCUT2D eigenvalue weighted by Crippen LogP contribution is 2.25. The van der Waals surface area contributed by atoms with E-state index in [1.54, 1.807) is 0 Å². The van der Waals surface area contributed by atoms with Gasteiger partial charge in [0, 0.05) is 6.54 Å². The Labute approximate surface area is 116 Å². The van der Waals surface area contributed by atoms with Gasteiger partial charge in [0.1, 0.15) is 0 Å². The molecular weight excluding hydrogens is 230 g/mol. The molecule has 0 saturated heterocycles. The molecule has 2 aromatic rings. The van der Waals surface area contributed by atoms with Gasteiger partial charge in [-0.1, -0.05) is 67.9 Å². The number of aryl methyl sites for hydroxylation is 1. The van der Waals surface area contributed by atoms with Gasteiger partial charge in [-0.3, -0.25) is 4.90 Å². The molecule has 0 amide bonds. The minimum Gasteiger partial charge on any atom is -0.300 e. The van der Waals surface area contributed by atoms with E-state index in [9.17, 15) is 0 Å². The topological polar surface area (TPSA) is 3.24 Å². The fourth-order valence-electron chi connectivity index (χ4n) is 2.44. The summed E-state index contributed by atoms with van der Waals surface area (Å²) in [5.41, 5.74) is 5.43. The molecule has 1 heteroatoms. The third-order valence-corrected chi connectivity index (χ3v) is 3.63. The lowest BCUT2D eigenvalue weighted by Crippen LogP contribution is -2.22. The number of hydrogen-bond acceptors (Lipinski definition) is 1. The van der Waals surface area contributed by atoms with Crippen LogP contribution in [0.2, 0.25) is 0 Å². The van der Waals surface area contributed by atoms with Crippen molar-refractivity contribution in [2.45, 2.75) is 27.3 Å². The van der Waals surface area contributed by atoms with Crippen molar-refractivity contribution in [1.82, 2.24) is 4.90 Å². The molecule has 19 heavy (non-hydrogen) atoms. The Hall–Kier alpha value is -1.60. The zero-order chi connectivity index (χ0) is 13.7. The summed E-state index contributed by atoms with van der Waals surface area (Å²) in [5, 5.41) is 0. The molecule has 0 saturated carbocycles. The molecule has 100 valence electrons. The van der Waals surface area contributed by atoms with Crippen LogP contribution in [0.15, 0.2) is 48.5 Å². The van der Waals surface area contributed by atoms with Gasteiger partial charge in [-0.2, -0.15) is 0 Å². The first-order chi connectivity index (χ1) is 9.24. The number of nitrogens with zero attached hydrogens (tertiary/aromatic N) is 1. The van der Waals surface area contributed by atoms with E-state index >= 15 is 0 Å². The Balaban J connectivity index is 2.38. The van der Waals surface area contributed by atoms with E-state index < -0.39 is 0 Å². The van der Waals surface area contributed by atoms with Crippen LogP contribution < -0.4 is 0 Å². The minimum absolute atomic E-state index is 1.03. The van der Waals surface area contributed by atoms with Crippen molar-refractivity contribution in [2.75, 3.05) is 13.1 Å². The van der Waals surface area contributed by atoms with Crippen molar-refractivity contribution in [2.24, 2.45) is 0 Å². The monoisotopic (exact) mass is 253 g/mol. The van der Waals surface area contributed by atoms with Gasteiger partial charge < -0.3 is 0 Å². The zero-order valence-corrected chi connectivity index (χ0v) is 12.2. The molecule has 0 unspecified atom stereocenters. The Morgan fingerprint density at radius 1 is 0.895 bits per heavy atom. The number of benzene rings is 2. The Bertz CT molecular complexity index is 512. The maximum atomic E-state index is 2.46. The van der Waals surface area contributed by atoms with Crippen molar-refractivity contribution in [1.29, 1.82) is 0 Å². The van der Waals surface area contributed by atoms with E-state index in [1.165, 1.54) is 22.3 Å². The smallest absolute Gasteiger partial charge is 0.0239 e. The molecule has 1 nitrogen and oxygen atoms in total. The summed E-state index contributed by atoms with van der Waals surface area (Å²) in [7, 11) is 0. The van der Waals surface area contributed by atoms with E-state index in [2.05, 4.69) is 74.2 Å². The largest absolute Gasteiger partial charge is 0.300 e. The summed E-state index contributed by atoms with van der Waals surface area (Å²) >= 11 is 0. The fraction of sp³-hybridized carbons (Fsp3) is 0.333. The van der Waals surface area contributed by atoms with E-state index in [0.717, 1.165) is 19.6 Å². The maximum absolute atomic E-state index is 2.46. The second-order valence-corrected chi connectivity index (χ2v) is 4.99. The number of hydrogen-bond donors (Lipinski definition) is 0. The average Bonchev–Trinajstić information content (AvgIpc) is 2.46. The summed E-state index contributed by atoms with van der Waals surface area (Å²) in [6.07, 6.45) is 0. The van der Waals surface area contributed by atoms with Gasteiger partial charge in [0.25, 0.3) is 0 Å². The molecule has 0 spiro atoms. The maximum Gasteiger partial charge on any atom is 0.0239 e. The van der Waals surface area contributed by atoms with Gasteiger partial charge in [-0.25, -0.2) is 0 Å². The Kier molecular flexibility index (Phi) is 4.75. The van der Waals surface area contributed by atoms with Crippen LogP contribution in [-0.4, -0.2) is 18.0 Å². The van der Waals surface area contributed by atoms with Gasteiger partial charge >= 0.3 is 0 Å². The number of rotatable bonds is 5. The van der Waals surface area contributed by atoms with Crippen LogP contribution in [0.3, 0.4) is 0 Å². The van der Waals surface area contributed by atoms with Gasteiger partial charge in [0.2, 0.25) is 0 Å². The highest BCUT2D eigenvalue weighted by atomic mass is 15.1. The van der Waals surface area contributed by atoms with E-state index in [1.807, 2.05) is 0 Å². The van der Waals surface area contributed by atoms with Gasteiger partial charge in [0.15, 0.2) is 0 Å². The first-order valence-electron chi connectivity index (χ1n) is 7.12. The summed E-state index contributed by atoms with van der Waals surface area (Å²) in [6.45, 7) is 9.83. The lowest BCUT2D eigenvalue weighted by atomic mass is 9.97. The zero-order valence-electron chi connectivity index (χ0n) is 12.2. The van der Waals surface area contributed by atoms with Crippen LogP contribution in [0.5, 0.6) is 0 Å². The summed E-state index contributed by atoms with van der Waals surface area (Å²) in [5.74, 6) is 0. The first-order valence-corrected chi connectivity index (χ1v) is 7.12. The fourth-order valence-corrected chi connectivity index (χ4v) is 2.44. The van der Waals surface area contributed by atoms with Crippen LogP contribution in [0.4, 0.5) is 0 Å². The quantitative estimate of drug-likeness (QED) is 0.758. The molecular formula is C18H23N. The van der Waals surface area contributed by atoms with Crippen molar-refractivity contribution >= 4 is 0 Å². The molecule has 0 bridgehead atoms. The van der Waals surface area contributed by atoms with Gasteiger partial charge in [-0.15, -0.1) is 0 Å². The summed E-state index contributed by atoms with van der Waals surface area (Å²) in [4.78, 5) is 2.46. The second kappa shape index (κ2) is 6.53. The SMILES string of the molecule is CCN(CC)Cc1cc(C)ccc1-c1ccccc1. The molecule has 0 radical (unpaired) electrons. The van der Waals surface area contributed by atoms with E-state index in [0.29, 0.717) is 0 Å². The standard InChI is InChI=1S/C18H23N/c1-4-19(5-2)14-17-13-15(3)11-12-18(17)16-9-7-6-8-10-16/h6-13H,4-5,14H2,1-3H3. The van der Waals surface area contributed by atoms with Crippen LogP contribution in [0.25, 0.3) is 11.1 Å². The summed E-state index contributed by atoms with van der Waals surface area (Å²) in [6, 6.07) is 17.4. The van der Waals surface area contributed by atoms with Crippen LogP contribution >= 0.6 is 0 Å². The van der Waals surface area contributed by atoms with Crippen molar-refractivity contribution in [3.8, 4) is 11.1 Å². The summed E-state index contributed by atoms with van der Waals surface area (Å²) < 4.78 is 0. The molecule has 0 aliphatic heterocycles. The van der Waals surface area contributed by atoms with Gasteiger partial charge in [-0.05, 0) is 36.7 Å². The van der Waals surface area contributed by atoms with Crippen LogP contribution in [-0.2, 0) is 6.54 Å². The Morgan fingerprint density at radius 2 is 1.58 bits per heavy atom. The van der Waals surface area contributed by atoms with E-state index in [4.69, 9.17) is 0 Å². The normalized spacial score (nSPS) is 10.9. The lowest BCUT2D eigenvalue weighted by Gasteiger charge is -2.20. The third kappa shape index (κ3) is 3.45. The molecule has 0 aliphatic carbocycles. The van der Waals surface area contributed by atoms with Crippen molar-refractivity contribution < 1.29 is 0 Å². The van der Waals surface area contributed by atoms with Gasteiger partial charge in [0.05, 0.1) is 0 Å². The minimum atomic E-state index is 1.03. The predicted molar refractivity (Wildman–Crippen MR) is 83.2 cm³/mol. The predicted octanol–water partition coefficient (Wildman–Crippen LogP) is 4.50. The molecule has 0 aromatic heterocycles. The average molecular weight is 253 g/mol. The molecule has 2 rings (SSSR count). The van der Waals surface area contributed by atoms with Crippen molar-refractivity contribution in [3.63, 3.8) is 0 Å². The second-order valence-electron chi connectivity index (χ2n) is 4.99. The van der Waals surface area contributed by atoms with Crippen LogP contribution in [0, 0.1) is 6.92 Å². The highest BCUT2D eigenvalue weighted by Gasteiger charge is 2.08. The molecule has 0 N–H and O–H groups in total. The molecule has 0 atom stereocenters. The molecule has 0 aliphatic rings. The van der Waals surface area contributed by atoms with Crippen LogP contribution in [0.1, 0.15) is 25.0 Å². The van der Waals surface area contributed by atoms with E-state index in [-0.39, 0.29) is 0 Å². The van der Waals surface area contributed by atoms with Crippen molar-refractivity contribution in [3.05, 3.63) is 59.7 Å². The first kappa shape index (κ1) is 13.8. The lowest BCUT2D eigenvalue weighted by molar-refractivity contribution is 0.296. The highest BCUT2D eigenvalue weighted by molar-refractivity contribution is 5.67. The molecule has 0 fully saturated rings. The third-order valence-electron chi connectivity index (χ3n) is 3.63. The Morgan fingerprint density at radius 3 is 2.21 bits per heavy atom. The molecule has 2 aromatic carbocycles.